The average Bonchev–Trinajstić information content (AvgIpc) is 3.07. The summed E-state index contributed by atoms with van der Waals surface area (Å²) in [6.45, 7) is 10.5. The van der Waals surface area contributed by atoms with E-state index in [4.69, 9.17) is 0 Å². The summed E-state index contributed by atoms with van der Waals surface area (Å²) in [6, 6.07) is 7.08. The van der Waals surface area contributed by atoms with Gasteiger partial charge < -0.3 is 9.12 Å². The Morgan fingerprint density at radius 3 is 2.11 bits per heavy atom. The molecule has 3 aromatic rings. The molecule has 0 aliphatic carbocycles. The van der Waals surface area contributed by atoms with Gasteiger partial charge in [0.1, 0.15) is 16.1 Å². The van der Waals surface area contributed by atoms with E-state index in [2.05, 4.69) is 4.40 Å². The van der Waals surface area contributed by atoms with Crippen LogP contribution in [0, 0.1) is 11.2 Å². The van der Waals surface area contributed by atoms with Crippen LogP contribution in [0.3, 0.4) is 0 Å². The predicted molar refractivity (Wildman–Crippen MR) is 132 cm³/mol. The Morgan fingerprint density at radius 2 is 1.58 bits per heavy atom. The summed E-state index contributed by atoms with van der Waals surface area (Å²) >= 11 is -2.01. The number of benzene rings is 2. The van der Waals surface area contributed by atoms with Crippen molar-refractivity contribution in [3.05, 3.63) is 59.5 Å². The Bertz CT molecular complexity index is 1280. The van der Waals surface area contributed by atoms with Crippen LogP contribution in [0.1, 0.15) is 52.7 Å². The fourth-order valence-electron chi connectivity index (χ4n) is 3.80. The molecule has 0 saturated heterocycles. The maximum Gasteiger partial charge on any atom is 0.417 e. The van der Waals surface area contributed by atoms with Crippen LogP contribution in [0.15, 0.2) is 47.0 Å². The van der Waals surface area contributed by atoms with Crippen molar-refractivity contribution in [2.75, 3.05) is 0 Å². The molecule has 3 rings (SSSR count). The molecular weight excluding hydrogens is 502 g/mol. The molecule has 1 atom stereocenters. The van der Waals surface area contributed by atoms with Gasteiger partial charge >= 0.3 is 6.18 Å². The number of halogens is 6. The number of fused-ring (bicyclic) bond motifs is 1. The number of nitrogens with zero attached hydrogens (tertiary/aromatic N) is 2. The van der Waals surface area contributed by atoms with Gasteiger partial charge in [-0.15, -0.1) is 0 Å². The molecule has 3 nitrogen and oxygen atoms in total. The number of hydrogen-bond acceptors (Lipinski definition) is 2. The summed E-state index contributed by atoms with van der Waals surface area (Å²) in [5.41, 5.74) is -3.08. The maximum atomic E-state index is 16.0. The molecule has 0 aliphatic rings. The molecule has 0 amide bonds. The summed E-state index contributed by atoms with van der Waals surface area (Å²) in [6.07, 6.45) is -6.52. The second-order valence-corrected chi connectivity index (χ2v) is 12.6. The van der Waals surface area contributed by atoms with Crippen LogP contribution in [0.4, 0.5) is 26.3 Å². The topological polar surface area (TPSA) is 40.3 Å². The van der Waals surface area contributed by atoms with E-state index in [0.717, 1.165) is 12.1 Å². The molecular formula is C26H28F6N2OS. The Kier molecular flexibility index (Phi) is 7.64. The Labute approximate surface area is 209 Å². The van der Waals surface area contributed by atoms with Crippen LogP contribution in [-0.4, -0.2) is 26.0 Å². The minimum atomic E-state index is -4.72. The standard InChI is InChI=1S/C26H28F6N2OS/c1-24(2,3)14-34-13-18(21(23(28)29)33-36(35)25(4,5)6)17-12-11-16(20(27)22(17)34)15-9-7-8-10-19(15)26(30,31)32/h7-13,23H,14H2,1-6H3/b33-21-/t36-/m0/s1. The lowest BCUT2D eigenvalue weighted by atomic mass is 9.96. The molecule has 196 valence electrons. The quantitative estimate of drug-likeness (QED) is 0.187. The minimum Gasteiger partial charge on any atom is -0.591 e. The van der Waals surface area contributed by atoms with Crippen LogP contribution >= 0.6 is 0 Å². The van der Waals surface area contributed by atoms with Gasteiger partial charge in [0, 0.05) is 29.3 Å². The van der Waals surface area contributed by atoms with Gasteiger partial charge in [0.2, 0.25) is 0 Å². The van der Waals surface area contributed by atoms with Crippen LogP contribution in [-0.2, 0) is 24.1 Å². The molecule has 10 heteroatoms. The number of hydrogen-bond donors (Lipinski definition) is 0. The first-order valence-corrected chi connectivity index (χ1v) is 12.3. The fourth-order valence-corrected chi connectivity index (χ4v) is 4.43. The monoisotopic (exact) mass is 530 g/mol. The first-order valence-electron chi connectivity index (χ1n) is 11.2. The van der Waals surface area contributed by atoms with Gasteiger partial charge in [-0.1, -0.05) is 55.5 Å². The van der Waals surface area contributed by atoms with E-state index in [1.807, 2.05) is 20.8 Å². The Balaban J connectivity index is 2.36. The highest BCUT2D eigenvalue weighted by molar-refractivity contribution is 7.91. The van der Waals surface area contributed by atoms with Gasteiger partial charge in [0.25, 0.3) is 6.43 Å². The van der Waals surface area contributed by atoms with E-state index in [1.54, 1.807) is 20.8 Å². The van der Waals surface area contributed by atoms with E-state index >= 15 is 4.39 Å². The second-order valence-electron chi connectivity index (χ2n) is 10.7. The normalized spacial score (nSPS) is 14.7. The van der Waals surface area contributed by atoms with Crippen molar-refractivity contribution >= 4 is 28.0 Å². The fraction of sp³-hybridized carbons (Fsp3) is 0.423. The first kappa shape index (κ1) is 28.1. The molecule has 2 aromatic carbocycles. The minimum absolute atomic E-state index is 0.0509. The smallest absolute Gasteiger partial charge is 0.417 e. The van der Waals surface area contributed by atoms with Crippen molar-refractivity contribution in [2.45, 2.75) is 65.4 Å². The third kappa shape index (κ3) is 5.91. The van der Waals surface area contributed by atoms with Gasteiger partial charge in [-0.2, -0.15) is 13.2 Å². The average molecular weight is 531 g/mol. The van der Waals surface area contributed by atoms with Crippen molar-refractivity contribution in [1.82, 2.24) is 4.57 Å². The summed E-state index contributed by atoms with van der Waals surface area (Å²) < 4.78 is 102. The molecule has 0 bridgehead atoms. The van der Waals surface area contributed by atoms with Gasteiger partial charge in [-0.05, 0) is 37.8 Å². The van der Waals surface area contributed by atoms with E-state index in [-0.39, 0.29) is 34.1 Å². The molecule has 0 aliphatic heterocycles. The zero-order valence-corrected chi connectivity index (χ0v) is 21.6. The van der Waals surface area contributed by atoms with Crippen molar-refractivity contribution in [2.24, 2.45) is 9.81 Å². The van der Waals surface area contributed by atoms with Crippen LogP contribution in [0.5, 0.6) is 0 Å². The number of aromatic nitrogens is 1. The number of alkyl halides is 5. The predicted octanol–water partition coefficient (Wildman–Crippen LogP) is 8.03. The van der Waals surface area contributed by atoms with Crippen LogP contribution in [0.25, 0.3) is 22.0 Å². The molecule has 0 radical (unpaired) electrons. The summed E-state index contributed by atoms with van der Waals surface area (Å²) in [5, 5.41) is 0.0509. The highest BCUT2D eigenvalue weighted by Gasteiger charge is 2.35. The van der Waals surface area contributed by atoms with Crippen LogP contribution < -0.4 is 0 Å². The lowest BCUT2D eigenvalue weighted by Gasteiger charge is -2.20. The Morgan fingerprint density at radius 1 is 0.972 bits per heavy atom. The molecule has 1 aromatic heterocycles. The lowest BCUT2D eigenvalue weighted by molar-refractivity contribution is -0.137. The van der Waals surface area contributed by atoms with E-state index in [0.29, 0.717) is 0 Å². The van der Waals surface area contributed by atoms with Gasteiger partial charge in [0.05, 0.1) is 11.1 Å². The SMILES string of the molecule is CC(C)(C)Cn1cc(/C(=N/[S@@+]([O-])C(C)(C)C)C(F)F)c2ccc(-c3ccccc3C(F)(F)F)c(F)c21. The largest absolute Gasteiger partial charge is 0.591 e. The molecule has 0 fully saturated rings. The zero-order chi connectivity index (χ0) is 27.2. The van der Waals surface area contributed by atoms with Gasteiger partial charge in [0.15, 0.2) is 11.5 Å². The highest BCUT2D eigenvalue weighted by atomic mass is 32.2. The molecule has 0 unspecified atom stereocenters. The summed E-state index contributed by atoms with van der Waals surface area (Å²) in [4.78, 5) is 0. The highest BCUT2D eigenvalue weighted by Crippen LogP contribution is 2.40. The van der Waals surface area contributed by atoms with Crippen molar-refractivity contribution in [3.8, 4) is 11.1 Å². The first-order chi connectivity index (χ1) is 16.4. The molecule has 0 spiro atoms. The zero-order valence-electron chi connectivity index (χ0n) is 20.8. The molecule has 0 N–H and O–H groups in total. The van der Waals surface area contributed by atoms with Crippen molar-refractivity contribution < 1.29 is 30.9 Å². The molecule has 36 heavy (non-hydrogen) atoms. The van der Waals surface area contributed by atoms with Gasteiger partial charge in [-0.25, -0.2) is 13.2 Å². The molecule has 0 saturated carbocycles. The third-order valence-electron chi connectivity index (χ3n) is 5.33. The van der Waals surface area contributed by atoms with Gasteiger partial charge in [-0.3, -0.25) is 0 Å². The second kappa shape index (κ2) is 9.78. The van der Waals surface area contributed by atoms with Crippen molar-refractivity contribution in [3.63, 3.8) is 0 Å². The number of rotatable bonds is 5. The summed E-state index contributed by atoms with van der Waals surface area (Å²) in [5.74, 6) is -0.967. The van der Waals surface area contributed by atoms with E-state index in [9.17, 15) is 26.5 Å². The van der Waals surface area contributed by atoms with Crippen molar-refractivity contribution in [1.29, 1.82) is 0 Å². The third-order valence-corrected chi connectivity index (χ3v) is 6.74. The Hall–Kier alpha value is -2.46. The lowest BCUT2D eigenvalue weighted by Crippen LogP contribution is -2.28. The van der Waals surface area contributed by atoms with E-state index < -0.39 is 51.2 Å². The van der Waals surface area contributed by atoms with E-state index in [1.165, 1.54) is 35.0 Å². The van der Waals surface area contributed by atoms with Crippen LogP contribution in [0.2, 0.25) is 0 Å². The summed E-state index contributed by atoms with van der Waals surface area (Å²) in [7, 11) is 0. The molecule has 1 heterocycles. The maximum absolute atomic E-state index is 16.0.